The van der Waals surface area contributed by atoms with Crippen LogP contribution in [0.15, 0.2) is 17.1 Å². The van der Waals surface area contributed by atoms with Gasteiger partial charge in [0.2, 0.25) is 17.7 Å². The normalized spacial score (nSPS) is 28.2. The van der Waals surface area contributed by atoms with E-state index >= 15 is 0 Å². The molecule has 3 aliphatic rings. The Hall–Kier alpha value is -1.65. The highest BCUT2D eigenvalue weighted by Crippen LogP contribution is 2.52. The molecular weight excluding hydrogens is 461 g/mol. The quantitative estimate of drug-likeness (QED) is 0.118. The average Bonchev–Trinajstić information content (AvgIpc) is 3.27. The van der Waals surface area contributed by atoms with Crippen molar-refractivity contribution >= 4 is 47.7 Å². The van der Waals surface area contributed by atoms with E-state index in [2.05, 4.69) is 33.1 Å². The summed E-state index contributed by atoms with van der Waals surface area (Å²) >= 11 is 0. The van der Waals surface area contributed by atoms with E-state index in [4.69, 9.17) is 0 Å². The smallest absolute Gasteiger partial charge is 0.233 e. The maximum atomic E-state index is 12.6. The Balaban J connectivity index is 0.00000261. The van der Waals surface area contributed by atoms with Gasteiger partial charge in [0.25, 0.3) is 0 Å². The fraction of sp³-hybridized carbons (Fsp3) is 0.667. The van der Waals surface area contributed by atoms with Gasteiger partial charge in [-0.25, -0.2) is 0 Å². The summed E-state index contributed by atoms with van der Waals surface area (Å²) in [5.41, 5.74) is 0. The molecule has 1 saturated heterocycles. The van der Waals surface area contributed by atoms with Gasteiger partial charge in [-0.15, -0.1) is 24.0 Å². The number of hydrogen-bond acceptors (Lipinski definition) is 4. The summed E-state index contributed by atoms with van der Waals surface area (Å²) in [6.07, 6.45) is 5.15. The molecule has 1 saturated carbocycles. The monoisotopic (exact) mass is 489 g/mol. The minimum Gasteiger partial charge on any atom is -0.357 e. The molecule has 2 bridgehead atoms. The number of fused-ring (bicyclic) bond motifs is 5. The predicted octanol–water partition coefficient (Wildman–Crippen LogP) is 0.103. The van der Waals surface area contributed by atoms with Crippen LogP contribution >= 0.6 is 24.0 Å². The van der Waals surface area contributed by atoms with Crippen LogP contribution in [0, 0.1) is 23.7 Å². The molecule has 0 radical (unpaired) electrons. The molecule has 4 unspecified atom stereocenters. The second kappa shape index (κ2) is 9.52. The first-order valence-corrected chi connectivity index (χ1v) is 9.33. The van der Waals surface area contributed by atoms with Gasteiger partial charge in [0, 0.05) is 33.1 Å². The topological polar surface area (TPSA) is 103 Å². The van der Waals surface area contributed by atoms with Crippen LogP contribution in [0.25, 0.3) is 0 Å². The third-order valence-corrected chi connectivity index (χ3v) is 5.29. The number of rotatable bonds is 7. The summed E-state index contributed by atoms with van der Waals surface area (Å²) in [6, 6.07) is 0. The summed E-state index contributed by atoms with van der Waals surface area (Å²) in [5, 5.41) is 8.94. The number of carbonyl (C=O) groups is 3. The SMILES string of the molecule is CCNC(=NCCNC(C)=O)NCCN1C(=O)C2C3C=CC(C3)C2C1=O.I. The molecule has 0 aromatic rings. The van der Waals surface area contributed by atoms with Gasteiger partial charge in [0.05, 0.1) is 18.4 Å². The first kappa shape index (κ1) is 21.6. The van der Waals surface area contributed by atoms with Crippen LogP contribution in [0.1, 0.15) is 20.3 Å². The van der Waals surface area contributed by atoms with Gasteiger partial charge in [-0.1, -0.05) is 12.2 Å². The van der Waals surface area contributed by atoms with Crippen molar-refractivity contribution in [3.63, 3.8) is 0 Å². The zero-order valence-electron chi connectivity index (χ0n) is 15.7. The van der Waals surface area contributed by atoms with Crippen LogP contribution in [-0.4, -0.2) is 61.3 Å². The number of aliphatic imine (C=N–C) groups is 1. The second-order valence-corrected chi connectivity index (χ2v) is 7.00. The second-order valence-electron chi connectivity index (χ2n) is 7.00. The van der Waals surface area contributed by atoms with Gasteiger partial charge in [0.15, 0.2) is 5.96 Å². The molecule has 0 aromatic heterocycles. The predicted molar refractivity (Wildman–Crippen MR) is 113 cm³/mol. The Morgan fingerprint density at radius 3 is 2.30 bits per heavy atom. The third kappa shape index (κ3) is 4.61. The minimum absolute atomic E-state index is 0. The molecule has 9 heteroatoms. The molecule has 2 aliphatic carbocycles. The number of amides is 3. The molecule has 0 spiro atoms. The number of likely N-dealkylation sites (tertiary alicyclic amines) is 1. The van der Waals surface area contributed by atoms with Gasteiger partial charge in [-0.3, -0.25) is 24.3 Å². The standard InChI is InChI=1S/C18H27N5O3.HI/c1-3-19-18(21-7-6-20-11(2)24)22-8-9-23-16(25)14-12-4-5-13(10-12)15(14)17(23)26;/h4-5,12-15H,3,6-10H2,1-2H3,(H,20,24)(H2,19,21,22);1H. The lowest BCUT2D eigenvalue weighted by Crippen LogP contribution is -2.44. The van der Waals surface area contributed by atoms with Crippen molar-refractivity contribution < 1.29 is 14.4 Å². The van der Waals surface area contributed by atoms with Crippen LogP contribution in [-0.2, 0) is 14.4 Å². The number of hydrogen-bond donors (Lipinski definition) is 3. The first-order valence-electron chi connectivity index (χ1n) is 9.33. The van der Waals surface area contributed by atoms with Crippen LogP contribution in [0.4, 0.5) is 0 Å². The molecule has 1 aliphatic heterocycles. The van der Waals surface area contributed by atoms with E-state index in [0.717, 1.165) is 6.42 Å². The summed E-state index contributed by atoms with van der Waals surface area (Å²) in [7, 11) is 0. The minimum atomic E-state index is -0.142. The van der Waals surface area contributed by atoms with Crippen LogP contribution in [0.3, 0.4) is 0 Å². The molecule has 3 rings (SSSR count). The van der Waals surface area contributed by atoms with Crippen LogP contribution < -0.4 is 16.0 Å². The zero-order valence-corrected chi connectivity index (χ0v) is 18.1. The highest BCUT2D eigenvalue weighted by molar-refractivity contribution is 14.0. The molecule has 8 nitrogen and oxygen atoms in total. The molecule has 2 fully saturated rings. The molecule has 3 amide bonds. The molecule has 27 heavy (non-hydrogen) atoms. The van der Waals surface area contributed by atoms with E-state index < -0.39 is 0 Å². The summed E-state index contributed by atoms with van der Waals surface area (Å²) in [4.78, 5) is 41.9. The number of carbonyl (C=O) groups excluding carboxylic acids is 3. The number of allylic oxidation sites excluding steroid dienone is 2. The number of guanidine groups is 1. The Bertz CT molecular complexity index is 621. The Morgan fingerprint density at radius 2 is 1.74 bits per heavy atom. The number of nitrogens with one attached hydrogen (secondary N) is 3. The first-order chi connectivity index (χ1) is 12.5. The summed E-state index contributed by atoms with van der Waals surface area (Å²) in [5.74, 6) is 0.683. The molecule has 0 aromatic carbocycles. The van der Waals surface area contributed by atoms with Crippen molar-refractivity contribution in [2.24, 2.45) is 28.7 Å². The van der Waals surface area contributed by atoms with Crippen molar-refractivity contribution in [3.05, 3.63) is 12.2 Å². The van der Waals surface area contributed by atoms with E-state index in [-0.39, 0.29) is 65.4 Å². The lowest BCUT2D eigenvalue weighted by atomic mass is 9.85. The highest BCUT2D eigenvalue weighted by Gasteiger charge is 2.58. The Labute approximate surface area is 176 Å². The van der Waals surface area contributed by atoms with Crippen molar-refractivity contribution in [2.45, 2.75) is 20.3 Å². The van der Waals surface area contributed by atoms with Crippen molar-refractivity contribution in [1.82, 2.24) is 20.9 Å². The van der Waals surface area contributed by atoms with Gasteiger partial charge in [-0.05, 0) is 25.2 Å². The third-order valence-electron chi connectivity index (χ3n) is 5.29. The van der Waals surface area contributed by atoms with Crippen LogP contribution in [0.2, 0.25) is 0 Å². The van der Waals surface area contributed by atoms with Gasteiger partial charge < -0.3 is 16.0 Å². The Morgan fingerprint density at radius 1 is 1.11 bits per heavy atom. The molecular formula is C18H28IN5O3. The maximum absolute atomic E-state index is 12.6. The average molecular weight is 489 g/mol. The number of halogens is 1. The van der Waals surface area contributed by atoms with Crippen LogP contribution in [0.5, 0.6) is 0 Å². The maximum Gasteiger partial charge on any atom is 0.233 e. The van der Waals surface area contributed by atoms with Crippen molar-refractivity contribution in [3.8, 4) is 0 Å². The van der Waals surface area contributed by atoms with Crippen molar-refractivity contribution in [1.29, 1.82) is 0 Å². The number of imide groups is 1. The summed E-state index contributed by atoms with van der Waals surface area (Å²) < 4.78 is 0. The molecule has 3 N–H and O–H groups in total. The summed E-state index contributed by atoms with van der Waals surface area (Å²) in [6.45, 7) is 5.85. The fourth-order valence-electron chi connectivity index (χ4n) is 4.21. The van der Waals surface area contributed by atoms with Gasteiger partial charge >= 0.3 is 0 Å². The van der Waals surface area contributed by atoms with E-state index in [9.17, 15) is 14.4 Å². The van der Waals surface area contributed by atoms with E-state index in [1.54, 1.807) is 0 Å². The Kier molecular flexibility index (Phi) is 7.63. The number of nitrogens with zero attached hydrogens (tertiary/aromatic N) is 2. The largest absolute Gasteiger partial charge is 0.357 e. The van der Waals surface area contributed by atoms with Crippen molar-refractivity contribution in [2.75, 3.05) is 32.7 Å². The molecule has 150 valence electrons. The fourth-order valence-corrected chi connectivity index (χ4v) is 4.21. The zero-order chi connectivity index (χ0) is 18.7. The highest BCUT2D eigenvalue weighted by atomic mass is 127. The lowest BCUT2D eigenvalue weighted by molar-refractivity contribution is -0.140. The lowest BCUT2D eigenvalue weighted by Gasteiger charge is -2.18. The van der Waals surface area contributed by atoms with E-state index in [0.29, 0.717) is 38.7 Å². The van der Waals surface area contributed by atoms with Gasteiger partial charge in [-0.2, -0.15) is 0 Å². The van der Waals surface area contributed by atoms with Gasteiger partial charge in [0.1, 0.15) is 0 Å². The van der Waals surface area contributed by atoms with E-state index in [1.807, 2.05) is 6.92 Å². The molecule has 1 heterocycles. The van der Waals surface area contributed by atoms with E-state index in [1.165, 1.54) is 11.8 Å². The molecule has 4 atom stereocenters.